The maximum Gasteiger partial charge on any atom is 0.313 e. The molecule has 0 aromatic heterocycles. The number of hydrogen-bond acceptors (Lipinski definition) is 4. The summed E-state index contributed by atoms with van der Waals surface area (Å²) >= 11 is 0. The third-order valence-electron chi connectivity index (χ3n) is 3.45. The lowest BCUT2D eigenvalue weighted by atomic mass is 10.0. The van der Waals surface area contributed by atoms with Crippen LogP contribution in [0.2, 0.25) is 0 Å². The molecular formula is C15H19N3O4. The molecule has 1 aliphatic heterocycles. The molecule has 22 heavy (non-hydrogen) atoms. The van der Waals surface area contributed by atoms with Gasteiger partial charge in [0.05, 0.1) is 6.61 Å². The molecule has 7 heteroatoms. The Hall–Kier alpha value is -2.41. The number of fused-ring (bicyclic) bond motifs is 1. The molecule has 0 spiro atoms. The maximum atomic E-state index is 11.7. The molecular weight excluding hydrogens is 286 g/mol. The van der Waals surface area contributed by atoms with Gasteiger partial charge in [-0.15, -0.1) is 0 Å². The zero-order valence-electron chi connectivity index (χ0n) is 12.4. The van der Waals surface area contributed by atoms with E-state index in [0.29, 0.717) is 12.2 Å². The summed E-state index contributed by atoms with van der Waals surface area (Å²) in [5.74, 6) is -1.67. The highest BCUT2D eigenvalue weighted by Gasteiger charge is 2.21. The summed E-state index contributed by atoms with van der Waals surface area (Å²) in [4.78, 5) is 36.5. The van der Waals surface area contributed by atoms with Crippen LogP contribution in [-0.2, 0) is 20.8 Å². The number of carbonyl (C=O) groups excluding carboxylic acids is 3. The van der Waals surface area contributed by atoms with Gasteiger partial charge in [-0.2, -0.15) is 0 Å². The van der Waals surface area contributed by atoms with Gasteiger partial charge in [0.15, 0.2) is 0 Å². The lowest BCUT2D eigenvalue weighted by Crippen LogP contribution is -2.37. The quantitative estimate of drug-likeness (QED) is 0.686. The molecule has 0 fully saturated rings. The zero-order valence-corrected chi connectivity index (χ0v) is 12.4. The molecule has 0 aliphatic carbocycles. The van der Waals surface area contributed by atoms with Gasteiger partial charge in [-0.3, -0.25) is 14.4 Å². The first-order valence-corrected chi connectivity index (χ1v) is 7.14. The van der Waals surface area contributed by atoms with Crippen LogP contribution in [0.25, 0.3) is 0 Å². The summed E-state index contributed by atoms with van der Waals surface area (Å²) in [6.07, 6.45) is 1.78. The minimum absolute atomic E-state index is 0.0224. The minimum atomic E-state index is -0.810. The molecule has 3 amide bonds. The van der Waals surface area contributed by atoms with E-state index in [1.165, 1.54) is 6.92 Å². The van der Waals surface area contributed by atoms with Gasteiger partial charge in [0, 0.05) is 31.4 Å². The molecule has 0 atom stereocenters. The Kier molecular flexibility index (Phi) is 5.11. The first kappa shape index (κ1) is 16.0. The minimum Gasteiger partial charge on any atom is -0.395 e. The first-order chi connectivity index (χ1) is 10.5. The maximum absolute atomic E-state index is 11.7. The van der Waals surface area contributed by atoms with Crippen LogP contribution in [-0.4, -0.2) is 42.5 Å². The number of carbonyl (C=O) groups is 3. The Bertz CT molecular complexity index is 600. The third kappa shape index (κ3) is 3.62. The average Bonchev–Trinajstić information content (AvgIpc) is 2.51. The number of rotatable bonds is 3. The van der Waals surface area contributed by atoms with Crippen LogP contribution in [0.3, 0.4) is 0 Å². The van der Waals surface area contributed by atoms with E-state index in [0.717, 1.165) is 24.1 Å². The Balaban J connectivity index is 2.13. The fourth-order valence-corrected chi connectivity index (χ4v) is 2.42. The topological polar surface area (TPSA) is 98.7 Å². The predicted octanol–water partition coefficient (Wildman–Crippen LogP) is 0.0327. The van der Waals surface area contributed by atoms with Gasteiger partial charge in [0.2, 0.25) is 5.91 Å². The molecule has 0 saturated carbocycles. The van der Waals surface area contributed by atoms with E-state index in [-0.39, 0.29) is 19.1 Å². The monoisotopic (exact) mass is 305 g/mol. The number of amides is 3. The number of anilines is 2. The smallest absolute Gasteiger partial charge is 0.313 e. The van der Waals surface area contributed by atoms with Crippen LogP contribution in [0.15, 0.2) is 18.2 Å². The standard InChI is InChI=1S/C15H19N3O4/c1-10(20)18-7-2-3-11-4-5-12(9-13(11)18)17-15(22)14(21)16-6-8-19/h4-5,9,19H,2-3,6-8H2,1H3,(H,16,21)(H,17,22). The average molecular weight is 305 g/mol. The summed E-state index contributed by atoms with van der Waals surface area (Å²) in [5, 5.41) is 13.4. The zero-order chi connectivity index (χ0) is 16.1. The lowest BCUT2D eigenvalue weighted by Gasteiger charge is -2.29. The summed E-state index contributed by atoms with van der Waals surface area (Å²) in [6.45, 7) is 1.94. The number of hydrogen-bond donors (Lipinski definition) is 3. The van der Waals surface area contributed by atoms with E-state index in [2.05, 4.69) is 10.6 Å². The molecule has 7 nitrogen and oxygen atoms in total. The Labute approximate surface area is 128 Å². The van der Waals surface area contributed by atoms with Gasteiger partial charge in [-0.05, 0) is 30.5 Å². The van der Waals surface area contributed by atoms with E-state index in [1.807, 2.05) is 6.07 Å². The Morgan fingerprint density at radius 2 is 2.05 bits per heavy atom. The van der Waals surface area contributed by atoms with Gasteiger partial charge in [-0.1, -0.05) is 6.07 Å². The molecule has 1 aromatic carbocycles. The van der Waals surface area contributed by atoms with Gasteiger partial charge >= 0.3 is 11.8 Å². The summed E-state index contributed by atoms with van der Waals surface area (Å²) in [7, 11) is 0. The van der Waals surface area contributed by atoms with E-state index < -0.39 is 11.8 Å². The van der Waals surface area contributed by atoms with Crippen LogP contribution in [0.5, 0.6) is 0 Å². The molecule has 0 unspecified atom stereocenters. The normalized spacial score (nSPS) is 13.3. The van der Waals surface area contributed by atoms with Crippen LogP contribution < -0.4 is 15.5 Å². The van der Waals surface area contributed by atoms with Crippen molar-refractivity contribution in [3.05, 3.63) is 23.8 Å². The van der Waals surface area contributed by atoms with Crippen molar-refractivity contribution >= 4 is 29.1 Å². The van der Waals surface area contributed by atoms with E-state index in [1.54, 1.807) is 17.0 Å². The van der Waals surface area contributed by atoms with Gasteiger partial charge in [-0.25, -0.2) is 0 Å². The van der Waals surface area contributed by atoms with Gasteiger partial charge in [0.25, 0.3) is 0 Å². The molecule has 0 saturated heterocycles. The van der Waals surface area contributed by atoms with Crippen molar-refractivity contribution in [1.82, 2.24) is 5.32 Å². The van der Waals surface area contributed by atoms with E-state index in [9.17, 15) is 14.4 Å². The van der Waals surface area contributed by atoms with E-state index >= 15 is 0 Å². The van der Waals surface area contributed by atoms with Crippen LogP contribution in [0.1, 0.15) is 18.9 Å². The lowest BCUT2D eigenvalue weighted by molar-refractivity contribution is -0.136. The molecule has 1 aromatic rings. The van der Waals surface area contributed by atoms with Crippen LogP contribution in [0, 0.1) is 0 Å². The van der Waals surface area contributed by atoms with Crippen LogP contribution >= 0.6 is 0 Å². The van der Waals surface area contributed by atoms with Crippen molar-refractivity contribution in [2.45, 2.75) is 19.8 Å². The summed E-state index contributed by atoms with van der Waals surface area (Å²) < 4.78 is 0. The Morgan fingerprint density at radius 1 is 1.27 bits per heavy atom. The van der Waals surface area contributed by atoms with Crippen molar-refractivity contribution in [3.8, 4) is 0 Å². The SMILES string of the molecule is CC(=O)N1CCCc2ccc(NC(=O)C(=O)NCCO)cc21. The fraction of sp³-hybridized carbons (Fsp3) is 0.400. The van der Waals surface area contributed by atoms with Crippen molar-refractivity contribution in [1.29, 1.82) is 0 Å². The molecule has 0 radical (unpaired) electrons. The van der Waals surface area contributed by atoms with E-state index in [4.69, 9.17) is 5.11 Å². The summed E-state index contributed by atoms with van der Waals surface area (Å²) in [5.41, 5.74) is 2.27. The number of aryl methyl sites for hydroxylation is 1. The molecule has 0 bridgehead atoms. The fourth-order valence-electron chi connectivity index (χ4n) is 2.42. The second kappa shape index (κ2) is 7.04. The predicted molar refractivity (Wildman–Crippen MR) is 81.5 cm³/mol. The summed E-state index contributed by atoms with van der Waals surface area (Å²) in [6, 6.07) is 5.26. The molecule has 3 N–H and O–H groups in total. The van der Waals surface area contributed by atoms with Crippen molar-refractivity contribution in [3.63, 3.8) is 0 Å². The highest BCUT2D eigenvalue weighted by atomic mass is 16.3. The number of aliphatic hydroxyl groups is 1. The first-order valence-electron chi connectivity index (χ1n) is 7.14. The number of aliphatic hydroxyl groups excluding tert-OH is 1. The Morgan fingerprint density at radius 3 is 2.73 bits per heavy atom. The van der Waals surface area contributed by atoms with Crippen LogP contribution in [0.4, 0.5) is 11.4 Å². The highest BCUT2D eigenvalue weighted by Crippen LogP contribution is 2.30. The second-order valence-corrected chi connectivity index (χ2v) is 5.05. The number of nitrogens with zero attached hydrogens (tertiary/aromatic N) is 1. The molecule has 2 rings (SSSR count). The third-order valence-corrected chi connectivity index (χ3v) is 3.45. The van der Waals surface area contributed by atoms with Gasteiger partial charge < -0.3 is 20.6 Å². The number of nitrogens with one attached hydrogen (secondary N) is 2. The van der Waals surface area contributed by atoms with Crippen molar-refractivity contribution in [2.75, 3.05) is 29.9 Å². The number of benzene rings is 1. The van der Waals surface area contributed by atoms with Gasteiger partial charge in [0.1, 0.15) is 0 Å². The van der Waals surface area contributed by atoms with Crippen molar-refractivity contribution < 1.29 is 19.5 Å². The molecule has 1 aliphatic rings. The highest BCUT2D eigenvalue weighted by molar-refractivity contribution is 6.39. The molecule has 1 heterocycles. The largest absolute Gasteiger partial charge is 0.395 e. The molecule has 118 valence electrons. The van der Waals surface area contributed by atoms with Crippen molar-refractivity contribution in [2.24, 2.45) is 0 Å². The second-order valence-electron chi connectivity index (χ2n) is 5.05.